The Hall–Kier alpha value is -4.26. The van der Waals surface area contributed by atoms with Gasteiger partial charge < -0.3 is 23.7 Å². The first-order valence-electron chi connectivity index (χ1n) is 11.9. The van der Waals surface area contributed by atoms with E-state index in [1.165, 1.54) is 18.2 Å². The lowest BCUT2D eigenvalue weighted by molar-refractivity contribution is 0.0921. The van der Waals surface area contributed by atoms with Gasteiger partial charge in [-0.2, -0.15) is 0 Å². The molecule has 5 rings (SSSR count). The van der Waals surface area contributed by atoms with Crippen LogP contribution in [0.25, 0.3) is 22.3 Å². The molecule has 0 unspecified atom stereocenters. The molecule has 1 fully saturated rings. The van der Waals surface area contributed by atoms with Crippen LogP contribution in [0.3, 0.4) is 0 Å². The molecule has 36 heavy (non-hydrogen) atoms. The Morgan fingerprint density at radius 1 is 1.00 bits per heavy atom. The van der Waals surface area contributed by atoms with Gasteiger partial charge in [0, 0.05) is 29.3 Å². The number of phenols is 1. The maximum atomic E-state index is 12.9. The van der Waals surface area contributed by atoms with Gasteiger partial charge in [-0.1, -0.05) is 30.3 Å². The molecule has 1 aromatic heterocycles. The van der Waals surface area contributed by atoms with E-state index in [2.05, 4.69) is 0 Å². The maximum Gasteiger partial charge on any atom is 0.200 e. The number of hydrogen-bond acceptors (Lipinski definition) is 7. The number of hydrogen-bond donors (Lipinski definition) is 1. The van der Waals surface area contributed by atoms with Gasteiger partial charge in [0.2, 0.25) is 0 Å². The highest BCUT2D eigenvalue weighted by Crippen LogP contribution is 2.37. The zero-order chi connectivity index (χ0) is 25.1. The van der Waals surface area contributed by atoms with Crippen LogP contribution in [-0.4, -0.2) is 30.7 Å². The van der Waals surface area contributed by atoms with E-state index < -0.39 is 5.43 Å². The lowest BCUT2D eigenvalue weighted by Gasteiger charge is -2.17. The monoisotopic (exact) mass is 486 g/mol. The Labute approximate surface area is 207 Å². The van der Waals surface area contributed by atoms with Crippen molar-refractivity contribution < 1.29 is 28.5 Å². The summed E-state index contributed by atoms with van der Waals surface area (Å²) < 4.78 is 23.3. The molecule has 0 radical (unpaired) electrons. The molecule has 0 saturated heterocycles. The van der Waals surface area contributed by atoms with Crippen LogP contribution in [0.5, 0.6) is 23.0 Å². The highest BCUT2D eigenvalue weighted by atomic mass is 16.5. The summed E-state index contributed by atoms with van der Waals surface area (Å²) in [6, 6.07) is 18.3. The Morgan fingerprint density at radius 2 is 1.78 bits per heavy atom. The molecular weight excluding hydrogens is 460 g/mol. The third kappa shape index (κ3) is 4.91. The number of benzene rings is 3. The fraction of sp³-hybridized carbons (Fsp3) is 0.241. The van der Waals surface area contributed by atoms with Crippen LogP contribution in [0.1, 0.15) is 36.0 Å². The lowest BCUT2D eigenvalue weighted by Crippen LogP contribution is -2.12. The van der Waals surface area contributed by atoms with Gasteiger partial charge in [-0.05, 0) is 43.9 Å². The predicted molar refractivity (Wildman–Crippen MR) is 135 cm³/mol. The molecule has 0 atom stereocenters. The molecule has 4 aromatic rings. The fourth-order valence-electron chi connectivity index (χ4n) is 4.43. The van der Waals surface area contributed by atoms with Crippen molar-refractivity contribution in [2.75, 3.05) is 13.7 Å². The summed E-state index contributed by atoms with van der Waals surface area (Å²) in [5.74, 6) is 1.22. The van der Waals surface area contributed by atoms with E-state index in [0.717, 1.165) is 25.7 Å². The normalized spacial score (nSPS) is 13.6. The second-order valence-corrected chi connectivity index (χ2v) is 8.76. The molecule has 0 aliphatic heterocycles. The van der Waals surface area contributed by atoms with E-state index in [-0.39, 0.29) is 41.0 Å². The summed E-state index contributed by atoms with van der Waals surface area (Å²) in [5.41, 5.74) is 0.901. The average Bonchev–Trinajstić information content (AvgIpc) is 3.40. The number of rotatable bonds is 8. The number of phenolic OH excluding ortho intramolecular Hbond substituents is 1. The SMILES string of the molecule is COc1ccc(-c2cc(=O)c3c(O)cc(OCC(=O)c4ccccc4)cc3o2)cc1OC1CCCC1. The van der Waals surface area contributed by atoms with E-state index in [1.54, 1.807) is 49.6 Å². The Morgan fingerprint density at radius 3 is 2.53 bits per heavy atom. The van der Waals surface area contributed by atoms with Gasteiger partial charge in [0.25, 0.3) is 0 Å². The van der Waals surface area contributed by atoms with Crippen molar-refractivity contribution in [2.45, 2.75) is 31.8 Å². The number of methoxy groups -OCH3 is 1. The molecule has 1 aliphatic rings. The van der Waals surface area contributed by atoms with Gasteiger partial charge in [-0.3, -0.25) is 9.59 Å². The van der Waals surface area contributed by atoms with E-state index in [9.17, 15) is 14.7 Å². The second-order valence-electron chi connectivity index (χ2n) is 8.76. The van der Waals surface area contributed by atoms with E-state index in [4.69, 9.17) is 18.6 Å². The molecule has 1 N–H and O–H groups in total. The minimum atomic E-state index is -0.398. The zero-order valence-corrected chi connectivity index (χ0v) is 19.9. The standard InChI is InChI=1S/C29H26O7/c1-33-25-12-11-19(13-27(25)35-20-9-5-6-10-20)26-16-23(31)29-22(30)14-21(15-28(29)36-26)34-17-24(32)18-7-3-2-4-8-18/h2-4,7-8,11-16,20,30H,5-6,9-10,17H2,1H3. The van der Waals surface area contributed by atoms with Crippen LogP contribution in [0, 0.1) is 0 Å². The van der Waals surface area contributed by atoms with Crippen LogP contribution in [0.4, 0.5) is 0 Å². The summed E-state index contributed by atoms with van der Waals surface area (Å²) in [5, 5.41) is 10.5. The molecule has 7 heteroatoms. The third-order valence-electron chi connectivity index (χ3n) is 6.29. The summed E-state index contributed by atoms with van der Waals surface area (Å²) in [6.07, 6.45) is 4.39. The molecule has 7 nitrogen and oxygen atoms in total. The average molecular weight is 487 g/mol. The second kappa shape index (κ2) is 10.2. The molecule has 0 spiro atoms. The number of Topliss-reactive ketones (excluding diaryl/α,β-unsaturated/α-hetero) is 1. The highest BCUT2D eigenvalue weighted by Gasteiger charge is 2.20. The van der Waals surface area contributed by atoms with Gasteiger partial charge in [0.1, 0.15) is 28.2 Å². The first-order valence-corrected chi connectivity index (χ1v) is 11.9. The number of fused-ring (bicyclic) bond motifs is 1. The minimum Gasteiger partial charge on any atom is -0.507 e. The molecule has 3 aromatic carbocycles. The maximum absolute atomic E-state index is 12.9. The van der Waals surface area contributed by atoms with E-state index in [1.807, 2.05) is 6.07 Å². The van der Waals surface area contributed by atoms with E-state index in [0.29, 0.717) is 28.4 Å². The smallest absolute Gasteiger partial charge is 0.200 e. The van der Waals surface area contributed by atoms with Crippen molar-refractivity contribution in [3.8, 4) is 34.3 Å². The summed E-state index contributed by atoms with van der Waals surface area (Å²) in [7, 11) is 1.58. The summed E-state index contributed by atoms with van der Waals surface area (Å²) in [4.78, 5) is 25.3. The number of carbonyl (C=O) groups is 1. The minimum absolute atomic E-state index is 0.0384. The van der Waals surface area contributed by atoms with Crippen LogP contribution >= 0.6 is 0 Å². The first kappa shape index (κ1) is 23.5. The third-order valence-corrected chi connectivity index (χ3v) is 6.29. The first-order chi connectivity index (χ1) is 17.5. The topological polar surface area (TPSA) is 95.2 Å². The lowest BCUT2D eigenvalue weighted by atomic mass is 10.1. The van der Waals surface area contributed by atoms with Gasteiger partial charge in [-0.15, -0.1) is 0 Å². The number of ketones is 1. The van der Waals surface area contributed by atoms with Crippen molar-refractivity contribution in [3.05, 3.63) is 82.5 Å². The van der Waals surface area contributed by atoms with Gasteiger partial charge in [0.15, 0.2) is 29.3 Å². The highest BCUT2D eigenvalue weighted by molar-refractivity contribution is 5.97. The Bertz CT molecular complexity index is 1450. The fourth-order valence-corrected chi connectivity index (χ4v) is 4.43. The number of carbonyl (C=O) groups excluding carboxylic acids is 1. The van der Waals surface area contributed by atoms with Crippen molar-refractivity contribution in [3.63, 3.8) is 0 Å². The number of ether oxygens (including phenoxy) is 3. The van der Waals surface area contributed by atoms with Gasteiger partial charge in [-0.25, -0.2) is 0 Å². The van der Waals surface area contributed by atoms with Crippen molar-refractivity contribution in [2.24, 2.45) is 0 Å². The van der Waals surface area contributed by atoms with Crippen molar-refractivity contribution >= 4 is 16.8 Å². The molecule has 1 heterocycles. The molecule has 0 bridgehead atoms. The van der Waals surface area contributed by atoms with Gasteiger partial charge in [0.05, 0.1) is 13.2 Å². The van der Waals surface area contributed by atoms with Crippen LogP contribution < -0.4 is 19.6 Å². The molecular formula is C29H26O7. The summed E-state index contributed by atoms with van der Waals surface area (Å²) >= 11 is 0. The van der Waals surface area contributed by atoms with Crippen LogP contribution in [0.15, 0.2) is 75.9 Å². The van der Waals surface area contributed by atoms with Crippen molar-refractivity contribution in [1.82, 2.24) is 0 Å². The Balaban J connectivity index is 1.45. The molecule has 184 valence electrons. The van der Waals surface area contributed by atoms with E-state index >= 15 is 0 Å². The molecule has 1 aliphatic carbocycles. The molecule has 1 saturated carbocycles. The van der Waals surface area contributed by atoms with Crippen LogP contribution in [0.2, 0.25) is 0 Å². The predicted octanol–water partition coefficient (Wildman–Crippen LogP) is 5.76. The number of aromatic hydroxyl groups is 1. The largest absolute Gasteiger partial charge is 0.507 e. The molecule has 0 amide bonds. The van der Waals surface area contributed by atoms with Crippen LogP contribution in [-0.2, 0) is 0 Å². The quantitative estimate of drug-likeness (QED) is 0.317. The Kier molecular flexibility index (Phi) is 6.62. The summed E-state index contributed by atoms with van der Waals surface area (Å²) in [6.45, 7) is -0.223. The van der Waals surface area contributed by atoms with Crippen molar-refractivity contribution in [1.29, 1.82) is 0 Å². The zero-order valence-electron chi connectivity index (χ0n) is 19.9. The van der Waals surface area contributed by atoms with Gasteiger partial charge >= 0.3 is 0 Å².